The van der Waals surface area contributed by atoms with E-state index in [1.165, 1.54) is 173 Å². The molecule has 77 heavy (non-hydrogen) atoms. The summed E-state index contributed by atoms with van der Waals surface area (Å²) in [5, 5.41) is 13.9. The minimum absolute atomic E-state index is 0.0598. The normalized spacial score (nSPS) is 14.4. The van der Waals surface area contributed by atoms with Gasteiger partial charge in [-0.15, -0.1) is 0 Å². The quantitative estimate of drug-likeness (QED) is 0.0243. The summed E-state index contributed by atoms with van der Waals surface area (Å²) in [5.74, 6) is -0.177. The molecule has 0 radical (unpaired) electrons. The van der Waals surface area contributed by atoms with Gasteiger partial charge in [0.25, 0.3) is 0 Å². The molecular formula is C68H124N2O6P+. The molecule has 0 rings (SSSR count). The zero-order valence-electron chi connectivity index (χ0n) is 50.9. The Morgan fingerprint density at radius 1 is 0.455 bits per heavy atom. The van der Waals surface area contributed by atoms with Crippen LogP contribution in [0.25, 0.3) is 0 Å². The molecule has 8 nitrogen and oxygen atoms in total. The van der Waals surface area contributed by atoms with Gasteiger partial charge in [-0.05, 0) is 77.0 Å². The average Bonchev–Trinajstić information content (AvgIpc) is 3.39. The van der Waals surface area contributed by atoms with Gasteiger partial charge in [-0.3, -0.25) is 13.8 Å². The average molecular weight is 1100 g/mol. The van der Waals surface area contributed by atoms with Crippen LogP contribution in [0.1, 0.15) is 277 Å². The fraction of sp³-hybridized carbons (Fsp3) is 0.750. The Bertz CT molecular complexity index is 1570. The van der Waals surface area contributed by atoms with Gasteiger partial charge in [0.05, 0.1) is 39.9 Å². The number of hydrogen-bond donors (Lipinski definition) is 3. The zero-order chi connectivity index (χ0) is 56.3. The number of allylic oxidation sites excluding steroid dienone is 15. The van der Waals surface area contributed by atoms with E-state index in [2.05, 4.69) is 104 Å². The first kappa shape index (κ1) is 74.4. The van der Waals surface area contributed by atoms with E-state index in [-0.39, 0.29) is 19.1 Å². The Labute approximate surface area is 477 Å². The standard InChI is InChI=1S/C68H123N2O6P/c1-6-8-10-12-14-16-18-20-22-24-25-26-27-28-29-30-31-32-33-34-35-36-37-38-39-40-41-42-43-44-45-46-48-50-52-54-56-58-60-62-68(72)69-66(65-76-77(73,74)75-64-63-70(3,4)5)67(71)61-59-57-55-53-51-49-47-23-21-19-17-15-13-11-9-7-2/h8,10,14,16,20,22,25-26,28-29,31-32,34-35,59,61,66-67,71H,6-7,9,11-13,15,17-19,21,23-24,27,30,33,36-58,60,62-65H2,1-5H3,(H-,69,72,73,74)/p+1/b10-8-,16-14-,22-20-,26-25-,29-28-,32-31-,35-34-,61-59+. The van der Waals surface area contributed by atoms with E-state index < -0.39 is 20.0 Å². The number of aliphatic hydroxyl groups excluding tert-OH is 1. The Hall–Kier alpha value is -2.58. The third-order valence-electron chi connectivity index (χ3n) is 14.1. The van der Waals surface area contributed by atoms with E-state index in [1.54, 1.807) is 6.08 Å². The highest BCUT2D eigenvalue weighted by Gasteiger charge is 2.27. The van der Waals surface area contributed by atoms with Crippen LogP contribution in [-0.4, -0.2) is 73.4 Å². The first-order chi connectivity index (χ1) is 37.5. The summed E-state index contributed by atoms with van der Waals surface area (Å²) in [4.78, 5) is 23.3. The summed E-state index contributed by atoms with van der Waals surface area (Å²) >= 11 is 0. The molecule has 1 amide bonds. The molecule has 0 aromatic heterocycles. The van der Waals surface area contributed by atoms with Gasteiger partial charge in [0.15, 0.2) is 0 Å². The van der Waals surface area contributed by atoms with Gasteiger partial charge in [0.1, 0.15) is 13.2 Å². The minimum atomic E-state index is -4.35. The van der Waals surface area contributed by atoms with Crippen LogP contribution >= 0.6 is 7.82 Å². The van der Waals surface area contributed by atoms with E-state index in [4.69, 9.17) is 9.05 Å². The monoisotopic (exact) mass is 1100 g/mol. The van der Waals surface area contributed by atoms with Crippen LogP contribution in [0.3, 0.4) is 0 Å². The predicted octanol–water partition coefficient (Wildman–Crippen LogP) is 20.2. The molecule has 9 heteroatoms. The number of quaternary nitrogens is 1. The number of hydrogen-bond acceptors (Lipinski definition) is 5. The first-order valence-corrected chi connectivity index (χ1v) is 33.6. The summed E-state index contributed by atoms with van der Waals surface area (Å²) in [5.41, 5.74) is 0. The second kappa shape index (κ2) is 58.1. The number of nitrogens with zero attached hydrogens (tertiary/aromatic N) is 1. The van der Waals surface area contributed by atoms with Crippen molar-refractivity contribution in [3.63, 3.8) is 0 Å². The van der Waals surface area contributed by atoms with E-state index in [1.807, 2.05) is 27.2 Å². The molecule has 0 saturated heterocycles. The number of carbonyl (C=O) groups excluding carboxylic acids is 1. The summed E-state index contributed by atoms with van der Waals surface area (Å²) in [6, 6.07) is -0.850. The highest BCUT2D eigenvalue weighted by atomic mass is 31.2. The summed E-state index contributed by atoms with van der Waals surface area (Å²) < 4.78 is 23.7. The van der Waals surface area contributed by atoms with Gasteiger partial charge in [-0.2, -0.15) is 0 Å². The molecule has 0 bridgehead atoms. The second-order valence-corrected chi connectivity index (χ2v) is 24.2. The van der Waals surface area contributed by atoms with Crippen LogP contribution in [0, 0.1) is 0 Å². The Morgan fingerprint density at radius 3 is 1.14 bits per heavy atom. The van der Waals surface area contributed by atoms with Crippen LogP contribution in [0.2, 0.25) is 0 Å². The Kier molecular flexibility index (Phi) is 56.1. The molecule has 3 N–H and O–H groups in total. The number of likely N-dealkylation sites (N-methyl/N-ethyl adjacent to an activating group) is 1. The molecule has 0 aliphatic rings. The lowest BCUT2D eigenvalue weighted by Gasteiger charge is -2.25. The van der Waals surface area contributed by atoms with Crippen molar-refractivity contribution in [2.75, 3.05) is 40.9 Å². The Morgan fingerprint density at radius 2 is 0.779 bits per heavy atom. The maximum absolute atomic E-state index is 13.0. The van der Waals surface area contributed by atoms with Gasteiger partial charge in [-0.25, -0.2) is 4.57 Å². The molecule has 0 aromatic carbocycles. The van der Waals surface area contributed by atoms with Gasteiger partial charge in [0, 0.05) is 6.42 Å². The van der Waals surface area contributed by atoms with E-state index >= 15 is 0 Å². The van der Waals surface area contributed by atoms with E-state index in [0.717, 1.165) is 83.5 Å². The number of nitrogens with one attached hydrogen (secondary N) is 1. The molecule has 446 valence electrons. The van der Waals surface area contributed by atoms with Crippen molar-refractivity contribution in [1.29, 1.82) is 0 Å². The van der Waals surface area contributed by atoms with Crippen LogP contribution < -0.4 is 5.32 Å². The van der Waals surface area contributed by atoms with Crippen LogP contribution in [0.4, 0.5) is 0 Å². The largest absolute Gasteiger partial charge is 0.472 e. The number of unbranched alkanes of at least 4 members (excludes halogenated alkanes) is 31. The summed E-state index contributed by atoms with van der Waals surface area (Å²) in [7, 11) is 1.57. The zero-order valence-corrected chi connectivity index (χ0v) is 51.8. The third kappa shape index (κ3) is 60.9. The molecule has 0 aliphatic heterocycles. The van der Waals surface area contributed by atoms with Crippen molar-refractivity contribution in [3.05, 3.63) is 97.2 Å². The summed E-state index contributed by atoms with van der Waals surface area (Å²) in [6.07, 6.45) is 83.9. The molecular weight excluding hydrogens is 972 g/mol. The number of aliphatic hydroxyl groups is 1. The first-order valence-electron chi connectivity index (χ1n) is 32.1. The Balaban J connectivity index is 4.01. The minimum Gasteiger partial charge on any atom is -0.387 e. The van der Waals surface area contributed by atoms with Crippen molar-refractivity contribution in [2.45, 2.75) is 289 Å². The van der Waals surface area contributed by atoms with E-state index in [0.29, 0.717) is 17.4 Å². The van der Waals surface area contributed by atoms with Gasteiger partial charge in [0.2, 0.25) is 5.91 Å². The van der Waals surface area contributed by atoms with E-state index in [9.17, 15) is 19.4 Å². The maximum atomic E-state index is 13.0. The highest BCUT2D eigenvalue weighted by Crippen LogP contribution is 2.43. The fourth-order valence-corrected chi connectivity index (χ4v) is 9.82. The molecule has 0 aliphatic carbocycles. The number of phosphoric acid groups is 1. The smallest absolute Gasteiger partial charge is 0.387 e. The number of phosphoric ester groups is 1. The van der Waals surface area contributed by atoms with Gasteiger partial charge in [-0.1, -0.05) is 291 Å². The molecule has 3 unspecified atom stereocenters. The lowest BCUT2D eigenvalue weighted by molar-refractivity contribution is -0.870. The lowest BCUT2D eigenvalue weighted by Crippen LogP contribution is -2.45. The SMILES string of the molecule is CC/C=C\C/C=C\C/C=C\C/C=C\C/C=C\C/C=C\C/C=C\CCCCCCCCCCCCCCCCCCCC(=O)NC(COP(=O)(O)OCC[N+](C)(C)C)C(O)/C=C/CCCCCCCCCCCCCCCC. The van der Waals surface area contributed by atoms with Crippen LogP contribution in [0.5, 0.6) is 0 Å². The van der Waals surface area contributed by atoms with Gasteiger partial charge >= 0.3 is 7.82 Å². The molecule has 0 saturated carbocycles. The lowest BCUT2D eigenvalue weighted by atomic mass is 10.0. The third-order valence-corrected chi connectivity index (χ3v) is 15.0. The van der Waals surface area contributed by atoms with Crippen molar-refractivity contribution < 1.29 is 32.9 Å². The van der Waals surface area contributed by atoms with Crippen molar-refractivity contribution in [3.8, 4) is 0 Å². The van der Waals surface area contributed by atoms with Crippen molar-refractivity contribution >= 4 is 13.7 Å². The van der Waals surface area contributed by atoms with Crippen molar-refractivity contribution in [2.24, 2.45) is 0 Å². The predicted molar refractivity (Wildman–Crippen MR) is 336 cm³/mol. The molecule has 0 spiro atoms. The molecule has 0 heterocycles. The number of carbonyl (C=O) groups is 1. The van der Waals surface area contributed by atoms with Gasteiger partial charge < -0.3 is 19.8 Å². The summed E-state index contributed by atoms with van der Waals surface area (Å²) in [6.45, 7) is 4.72. The number of rotatable bonds is 58. The molecule has 0 aromatic rings. The van der Waals surface area contributed by atoms with Crippen LogP contribution in [-0.2, 0) is 18.4 Å². The topological polar surface area (TPSA) is 105 Å². The van der Waals surface area contributed by atoms with Crippen molar-refractivity contribution in [1.82, 2.24) is 5.32 Å². The molecule has 0 fully saturated rings. The molecule has 3 atom stereocenters. The highest BCUT2D eigenvalue weighted by molar-refractivity contribution is 7.47. The fourth-order valence-electron chi connectivity index (χ4n) is 9.08. The number of amides is 1. The second-order valence-electron chi connectivity index (χ2n) is 22.8. The maximum Gasteiger partial charge on any atom is 0.472 e. The van der Waals surface area contributed by atoms with Crippen LogP contribution in [0.15, 0.2) is 97.2 Å².